The smallest absolute Gasteiger partial charge is 0.325 e. The Morgan fingerprint density at radius 1 is 1.26 bits per heavy atom. The van der Waals surface area contributed by atoms with Crippen molar-refractivity contribution < 1.29 is 23.1 Å². The van der Waals surface area contributed by atoms with Crippen LogP contribution in [-0.4, -0.2) is 36.3 Å². The third-order valence-electron chi connectivity index (χ3n) is 3.67. The maximum Gasteiger partial charge on any atom is 0.325 e. The molecule has 0 fully saturated rings. The van der Waals surface area contributed by atoms with Crippen LogP contribution in [0.25, 0.3) is 0 Å². The van der Waals surface area contributed by atoms with Crippen molar-refractivity contribution in [1.82, 2.24) is 4.98 Å². The molecule has 2 rings (SSSR count). The van der Waals surface area contributed by atoms with E-state index in [9.17, 15) is 18.3 Å². The van der Waals surface area contributed by atoms with Crippen LogP contribution >= 0.6 is 0 Å². The first kappa shape index (κ1) is 17.0. The number of carbonyl (C=O) groups is 1. The molecule has 122 valence electrons. The van der Waals surface area contributed by atoms with E-state index in [1.807, 2.05) is 0 Å². The Balaban J connectivity index is 2.58. The molecular formula is C16H17NO5S. The lowest BCUT2D eigenvalue weighted by atomic mass is 10.0. The van der Waals surface area contributed by atoms with E-state index < -0.39 is 20.6 Å². The van der Waals surface area contributed by atoms with E-state index in [2.05, 4.69) is 4.98 Å². The topological polar surface area (TPSA) is 93.6 Å². The highest BCUT2D eigenvalue weighted by Gasteiger charge is 2.48. The van der Waals surface area contributed by atoms with Crippen LogP contribution in [0.5, 0.6) is 5.75 Å². The van der Waals surface area contributed by atoms with Gasteiger partial charge in [0, 0.05) is 18.8 Å². The summed E-state index contributed by atoms with van der Waals surface area (Å²) < 4.78 is 29.0. The molecule has 23 heavy (non-hydrogen) atoms. The van der Waals surface area contributed by atoms with Gasteiger partial charge in [-0.25, -0.2) is 8.42 Å². The molecule has 0 saturated carbocycles. The number of pyridine rings is 1. The highest BCUT2D eigenvalue weighted by atomic mass is 32.2. The van der Waals surface area contributed by atoms with E-state index >= 15 is 0 Å². The molecule has 1 N–H and O–H groups in total. The van der Waals surface area contributed by atoms with Crippen molar-refractivity contribution in [1.29, 1.82) is 0 Å². The second kappa shape index (κ2) is 6.37. The zero-order valence-electron chi connectivity index (χ0n) is 12.8. The Labute approximate surface area is 134 Å². The lowest BCUT2D eigenvalue weighted by molar-refractivity contribution is -0.139. The number of carboxylic acids is 1. The van der Waals surface area contributed by atoms with Crippen molar-refractivity contribution in [2.75, 3.05) is 7.11 Å². The van der Waals surface area contributed by atoms with Crippen molar-refractivity contribution in [3.05, 3.63) is 54.4 Å². The van der Waals surface area contributed by atoms with Gasteiger partial charge in [-0.15, -0.1) is 0 Å². The van der Waals surface area contributed by atoms with Crippen LogP contribution in [-0.2, 0) is 21.1 Å². The predicted octanol–water partition coefficient (Wildman–Crippen LogP) is 1.95. The summed E-state index contributed by atoms with van der Waals surface area (Å²) in [6, 6.07) is 9.26. The summed E-state index contributed by atoms with van der Waals surface area (Å²) in [6.45, 7) is 1.20. The quantitative estimate of drug-likeness (QED) is 0.867. The van der Waals surface area contributed by atoms with E-state index in [1.54, 1.807) is 18.2 Å². The summed E-state index contributed by atoms with van der Waals surface area (Å²) in [5.74, 6) is -1.31. The second-order valence-electron chi connectivity index (χ2n) is 5.23. The number of rotatable bonds is 6. The third-order valence-corrected chi connectivity index (χ3v) is 6.09. The van der Waals surface area contributed by atoms with Crippen LogP contribution in [0.15, 0.2) is 53.7 Å². The maximum absolute atomic E-state index is 13.0. The van der Waals surface area contributed by atoms with Crippen LogP contribution in [0.2, 0.25) is 0 Å². The Morgan fingerprint density at radius 2 is 1.96 bits per heavy atom. The molecule has 0 bridgehead atoms. The average Bonchev–Trinajstić information content (AvgIpc) is 2.55. The lowest BCUT2D eigenvalue weighted by Gasteiger charge is -2.25. The van der Waals surface area contributed by atoms with Gasteiger partial charge < -0.3 is 9.84 Å². The number of carboxylic acid groups (broad SMARTS) is 1. The van der Waals surface area contributed by atoms with Gasteiger partial charge >= 0.3 is 5.97 Å². The number of sulfone groups is 1. The molecule has 7 heteroatoms. The number of hydrogen-bond acceptors (Lipinski definition) is 5. The maximum atomic E-state index is 13.0. The van der Waals surface area contributed by atoms with Gasteiger partial charge in [0.2, 0.25) is 0 Å². The summed E-state index contributed by atoms with van der Waals surface area (Å²) in [5.41, 5.74) is 0.524. The summed E-state index contributed by atoms with van der Waals surface area (Å²) in [4.78, 5) is 15.6. The zero-order chi connectivity index (χ0) is 17.1. The minimum absolute atomic E-state index is 0.117. The van der Waals surface area contributed by atoms with E-state index in [0.29, 0.717) is 5.56 Å². The monoisotopic (exact) mass is 335 g/mol. The average molecular weight is 335 g/mol. The summed E-state index contributed by atoms with van der Waals surface area (Å²) in [5, 5.41) is 9.61. The first-order chi connectivity index (χ1) is 10.8. The molecule has 6 nitrogen and oxygen atoms in total. The highest BCUT2D eigenvalue weighted by Crippen LogP contribution is 2.34. The minimum Gasteiger partial charge on any atom is -0.495 e. The van der Waals surface area contributed by atoms with Crippen molar-refractivity contribution in [3.63, 3.8) is 0 Å². The number of hydrogen-bond donors (Lipinski definition) is 1. The van der Waals surface area contributed by atoms with Crippen LogP contribution in [0.4, 0.5) is 0 Å². The number of aliphatic carboxylic acids is 1. The van der Waals surface area contributed by atoms with Gasteiger partial charge in [0.1, 0.15) is 10.6 Å². The SMILES string of the molecule is COc1ccccc1S(=O)(=O)C(C)(Cc1cccnc1)C(=O)O. The van der Waals surface area contributed by atoms with Gasteiger partial charge in [-0.3, -0.25) is 9.78 Å². The molecule has 0 spiro atoms. The van der Waals surface area contributed by atoms with Crippen LogP contribution < -0.4 is 4.74 Å². The largest absolute Gasteiger partial charge is 0.495 e. The molecular weight excluding hydrogens is 318 g/mol. The molecule has 1 aromatic heterocycles. The van der Waals surface area contributed by atoms with Crippen molar-refractivity contribution in [2.45, 2.75) is 23.0 Å². The number of para-hydroxylation sites is 1. The van der Waals surface area contributed by atoms with Gasteiger partial charge in [0.25, 0.3) is 0 Å². The highest BCUT2D eigenvalue weighted by molar-refractivity contribution is 7.93. The van der Waals surface area contributed by atoms with Crippen molar-refractivity contribution in [2.24, 2.45) is 0 Å². The fraction of sp³-hybridized carbons (Fsp3) is 0.250. The first-order valence-corrected chi connectivity index (χ1v) is 8.31. The summed E-state index contributed by atoms with van der Waals surface area (Å²) >= 11 is 0. The fourth-order valence-corrected chi connectivity index (χ4v) is 4.01. The first-order valence-electron chi connectivity index (χ1n) is 6.83. The molecule has 0 aliphatic rings. The molecule has 0 aliphatic carbocycles. The number of benzene rings is 1. The summed E-state index contributed by atoms with van der Waals surface area (Å²) in [6.07, 6.45) is 2.80. The lowest BCUT2D eigenvalue weighted by Crippen LogP contribution is -2.45. The van der Waals surface area contributed by atoms with E-state index in [0.717, 1.165) is 0 Å². The molecule has 0 radical (unpaired) electrons. The van der Waals surface area contributed by atoms with Crippen LogP contribution in [0, 0.1) is 0 Å². The molecule has 1 atom stereocenters. The normalized spacial score (nSPS) is 14.0. The zero-order valence-corrected chi connectivity index (χ0v) is 13.6. The van der Waals surface area contributed by atoms with E-state index in [4.69, 9.17) is 4.74 Å². The molecule has 0 aliphatic heterocycles. The van der Waals surface area contributed by atoms with Crippen LogP contribution in [0.1, 0.15) is 12.5 Å². The predicted molar refractivity (Wildman–Crippen MR) is 84.2 cm³/mol. The van der Waals surface area contributed by atoms with Gasteiger partial charge in [0.15, 0.2) is 14.6 Å². The van der Waals surface area contributed by atoms with E-state index in [-0.39, 0.29) is 17.1 Å². The van der Waals surface area contributed by atoms with Crippen molar-refractivity contribution >= 4 is 15.8 Å². The third kappa shape index (κ3) is 3.05. The molecule has 2 aromatic rings. The molecule has 0 amide bonds. The summed E-state index contributed by atoms with van der Waals surface area (Å²) in [7, 11) is -2.85. The number of methoxy groups -OCH3 is 1. The molecule has 0 saturated heterocycles. The number of nitrogens with zero attached hydrogens (tertiary/aromatic N) is 1. The van der Waals surface area contributed by atoms with E-state index in [1.165, 1.54) is 44.6 Å². The van der Waals surface area contributed by atoms with Gasteiger partial charge in [0.05, 0.1) is 7.11 Å². The Kier molecular flexibility index (Phi) is 4.70. The Morgan fingerprint density at radius 3 is 2.52 bits per heavy atom. The van der Waals surface area contributed by atoms with Gasteiger partial charge in [-0.2, -0.15) is 0 Å². The molecule has 1 unspecified atom stereocenters. The number of aromatic nitrogens is 1. The molecule has 1 aromatic carbocycles. The fourth-order valence-electron chi connectivity index (χ4n) is 2.26. The van der Waals surface area contributed by atoms with Crippen LogP contribution in [0.3, 0.4) is 0 Å². The number of ether oxygens (including phenoxy) is 1. The Hall–Kier alpha value is -2.41. The second-order valence-corrected chi connectivity index (χ2v) is 7.58. The standard InChI is InChI=1S/C16H17NO5S/c1-16(15(18)19,10-12-6-5-9-17-11-12)23(20,21)14-8-4-3-7-13(14)22-2/h3-9,11H,10H2,1-2H3,(H,18,19). The van der Waals surface area contributed by atoms with Gasteiger partial charge in [-0.1, -0.05) is 18.2 Å². The van der Waals surface area contributed by atoms with Gasteiger partial charge in [-0.05, 0) is 30.7 Å². The minimum atomic E-state index is -4.19. The van der Waals surface area contributed by atoms with Crippen molar-refractivity contribution in [3.8, 4) is 5.75 Å². The molecule has 1 heterocycles. The Bertz CT molecular complexity index is 804.